The lowest BCUT2D eigenvalue weighted by Gasteiger charge is -2.11. The van der Waals surface area contributed by atoms with Gasteiger partial charge in [-0.25, -0.2) is 4.98 Å². The summed E-state index contributed by atoms with van der Waals surface area (Å²) >= 11 is 5.93. The number of carbonyl (C=O) groups excluding carboxylic acids is 1. The van der Waals surface area contributed by atoms with Gasteiger partial charge in [-0.2, -0.15) is 0 Å². The van der Waals surface area contributed by atoms with Crippen LogP contribution >= 0.6 is 11.6 Å². The summed E-state index contributed by atoms with van der Waals surface area (Å²) in [7, 11) is 3.44. The van der Waals surface area contributed by atoms with Crippen molar-refractivity contribution < 1.29 is 9.53 Å². The summed E-state index contributed by atoms with van der Waals surface area (Å²) in [6.07, 6.45) is 3.52. The number of carbonyl (C=O) groups is 1. The molecule has 0 saturated carbocycles. The van der Waals surface area contributed by atoms with Crippen molar-refractivity contribution in [3.8, 4) is 5.75 Å². The van der Waals surface area contributed by atoms with Crippen LogP contribution in [-0.4, -0.2) is 29.1 Å². The first kappa shape index (κ1) is 15.2. The number of nitrogens with zero attached hydrogens (tertiary/aromatic N) is 2. The lowest BCUT2D eigenvalue weighted by atomic mass is 10.3. The molecule has 0 saturated heterocycles. The first-order valence-corrected chi connectivity index (χ1v) is 6.78. The molecule has 2 rings (SSSR count). The van der Waals surface area contributed by atoms with Crippen LogP contribution in [0.15, 0.2) is 30.6 Å². The topological polar surface area (TPSA) is 68.2 Å². The monoisotopic (exact) mass is 308 g/mol. The van der Waals surface area contributed by atoms with Crippen molar-refractivity contribution in [2.75, 3.05) is 19.0 Å². The Balaban J connectivity index is 1.86. The van der Waals surface area contributed by atoms with Gasteiger partial charge in [0.2, 0.25) is 5.91 Å². The van der Waals surface area contributed by atoms with Crippen molar-refractivity contribution in [2.24, 2.45) is 7.05 Å². The molecule has 1 aromatic carbocycles. The van der Waals surface area contributed by atoms with E-state index in [1.807, 2.05) is 17.8 Å². The Morgan fingerprint density at radius 2 is 2.29 bits per heavy atom. The van der Waals surface area contributed by atoms with Crippen molar-refractivity contribution in [1.29, 1.82) is 0 Å². The molecule has 0 radical (unpaired) electrons. The van der Waals surface area contributed by atoms with Gasteiger partial charge in [-0.3, -0.25) is 4.79 Å². The highest BCUT2D eigenvalue weighted by Gasteiger charge is 2.07. The summed E-state index contributed by atoms with van der Waals surface area (Å²) in [4.78, 5) is 16.0. The molecule has 2 aromatic rings. The van der Waals surface area contributed by atoms with Crippen LogP contribution < -0.4 is 15.4 Å². The first-order valence-electron chi connectivity index (χ1n) is 6.40. The highest BCUT2D eigenvalue weighted by molar-refractivity contribution is 6.30. The summed E-state index contributed by atoms with van der Waals surface area (Å²) < 4.78 is 7.06. The van der Waals surface area contributed by atoms with Gasteiger partial charge in [0.15, 0.2) is 0 Å². The fourth-order valence-corrected chi connectivity index (χ4v) is 1.97. The number of aromatic nitrogens is 2. The van der Waals surface area contributed by atoms with E-state index >= 15 is 0 Å². The average Bonchev–Trinajstić information content (AvgIpc) is 2.88. The van der Waals surface area contributed by atoms with Crippen LogP contribution in [-0.2, 0) is 18.4 Å². The van der Waals surface area contributed by atoms with Gasteiger partial charge in [0.1, 0.15) is 11.6 Å². The number of amides is 1. The Labute approximate surface area is 128 Å². The first-order chi connectivity index (χ1) is 10.1. The van der Waals surface area contributed by atoms with Gasteiger partial charge in [-0.15, -0.1) is 0 Å². The Morgan fingerprint density at radius 3 is 2.95 bits per heavy atom. The van der Waals surface area contributed by atoms with E-state index in [0.29, 0.717) is 23.0 Å². The van der Waals surface area contributed by atoms with Gasteiger partial charge in [0, 0.05) is 24.5 Å². The van der Waals surface area contributed by atoms with Crippen molar-refractivity contribution in [2.45, 2.75) is 6.54 Å². The smallest absolute Gasteiger partial charge is 0.239 e. The number of anilines is 1. The van der Waals surface area contributed by atoms with Gasteiger partial charge >= 0.3 is 0 Å². The van der Waals surface area contributed by atoms with Crippen molar-refractivity contribution >= 4 is 23.2 Å². The number of benzene rings is 1. The summed E-state index contributed by atoms with van der Waals surface area (Å²) in [6.45, 7) is 0.512. The zero-order chi connectivity index (χ0) is 15.2. The third kappa shape index (κ3) is 4.13. The predicted molar refractivity (Wildman–Crippen MR) is 81.5 cm³/mol. The highest BCUT2D eigenvalue weighted by Crippen LogP contribution is 2.27. The molecule has 0 aliphatic heterocycles. The number of nitrogens with one attached hydrogen (secondary N) is 2. The molecule has 0 fully saturated rings. The summed E-state index contributed by atoms with van der Waals surface area (Å²) in [5.74, 6) is 1.29. The van der Waals surface area contributed by atoms with Crippen molar-refractivity contribution in [1.82, 2.24) is 14.9 Å². The molecular formula is C14H17ClN4O2. The lowest BCUT2D eigenvalue weighted by Crippen LogP contribution is -2.30. The zero-order valence-corrected chi connectivity index (χ0v) is 12.6. The molecule has 7 heteroatoms. The van der Waals surface area contributed by atoms with Crippen molar-refractivity contribution in [3.05, 3.63) is 41.4 Å². The van der Waals surface area contributed by atoms with E-state index in [1.54, 1.807) is 31.5 Å². The minimum absolute atomic E-state index is 0.126. The normalized spacial score (nSPS) is 10.2. The zero-order valence-electron chi connectivity index (χ0n) is 11.9. The van der Waals surface area contributed by atoms with Crippen LogP contribution in [0.1, 0.15) is 5.82 Å². The maximum absolute atomic E-state index is 11.8. The molecule has 21 heavy (non-hydrogen) atoms. The van der Waals surface area contributed by atoms with Crippen LogP contribution in [0, 0.1) is 0 Å². The molecule has 1 heterocycles. The van der Waals surface area contributed by atoms with Crippen LogP contribution in [0.25, 0.3) is 0 Å². The number of imidazole rings is 1. The van der Waals surface area contributed by atoms with Gasteiger partial charge in [-0.1, -0.05) is 11.6 Å². The maximum atomic E-state index is 11.8. The number of methoxy groups -OCH3 is 1. The van der Waals surface area contributed by atoms with Gasteiger partial charge in [0.05, 0.1) is 25.9 Å². The fraction of sp³-hybridized carbons (Fsp3) is 0.286. The molecular weight excluding hydrogens is 292 g/mol. The molecule has 0 aliphatic rings. The minimum Gasteiger partial charge on any atom is -0.495 e. The Bertz CT molecular complexity index is 627. The second kappa shape index (κ2) is 6.99. The van der Waals surface area contributed by atoms with E-state index in [0.717, 1.165) is 5.82 Å². The lowest BCUT2D eigenvalue weighted by molar-refractivity contribution is -0.119. The Kier molecular flexibility index (Phi) is 5.05. The van der Waals surface area contributed by atoms with E-state index in [1.165, 1.54) is 0 Å². The second-order valence-corrected chi connectivity index (χ2v) is 4.87. The van der Waals surface area contributed by atoms with E-state index in [-0.39, 0.29) is 12.5 Å². The Hall–Kier alpha value is -2.21. The summed E-state index contributed by atoms with van der Waals surface area (Å²) in [6, 6.07) is 5.19. The van der Waals surface area contributed by atoms with Gasteiger partial charge in [-0.05, 0) is 18.2 Å². The fourth-order valence-electron chi connectivity index (χ4n) is 1.80. The predicted octanol–water partition coefficient (Wildman–Crippen LogP) is 1.81. The van der Waals surface area contributed by atoms with Crippen molar-refractivity contribution in [3.63, 3.8) is 0 Å². The van der Waals surface area contributed by atoms with Crippen LogP contribution in [0.5, 0.6) is 5.75 Å². The molecule has 0 aliphatic carbocycles. The molecule has 112 valence electrons. The minimum atomic E-state index is -0.139. The Morgan fingerprint density at radius 1 is 1.48 bits per heavy atom. The third-order valence-electron chi connectivity index (χ3n) is 2.97. The third-order valence-corrected chi connectivity index (χ3v) is 3.20. The second-order valence-electron chi connectivity index (χ2n) is 4.43. The quantitative estimate of drug-likeness (QED) is 0.854. The molecule has 0 unspecified atom stereocenters. The van der Waals surface area contributed by atoms with Gasteiger partial charge in [0.25, 0.3) is 0 Å². The number of hydrogen-bond acceptors (Lipinski definition) is 4. The maximum Gasteiger partial charge on any atom is 0.239 e. The molecule has 0 atom stereocenters. The number of hydrogen-bond donors (Lipinski definition) is 2. The molecule has 0 bridgehead atoms. The molecule has 1 amide bonds. The molecule has 0 spiro atoms. The van der Waals surface area contributed by atoms with E-state index in [9.17, 15) is 4.79 Å². The average molecular weight is 309 g/mol. The SMILES string of the molecule is COc1ccc(Cl)cc1NCC(=O)NCc1nccn1C. The molecule has 2 N–H and O–H groups in total. The molecule has 6 nitrogen and oxygen atoms in total. The van der Waals surface area contributed by atoms with Gasteiger partial charge < -0.3 is 19.9 Å². The van der Waals surface area contributed by atoms with Crippen LogP contribution in [0.4, 0.5) is 5.69 Å². The summed E-state index contributed by atoms with van der Waals surface area (Å²) in [5, 5.41) is 6.37. The largest absolute Gasteiger partial charge is 0.495 e. The number of ether oxygens (including phenoxy) is 1. The van der Waals surface area contributed by atoms with E-state index in [2.05, 4.69) is 15.6 Å². The summed E-state index contributed by atoms with van der Waals surface area (Å²) in [5.41, 5.74) is 0.678. The standard InChI is InChI=1S/C14H17ClN4O2/c1-19-6-5-16-13(19)8-18-14(20)9-17-11-7-10(15)3-4-12(11)21-2/h3-7,17H,8-9H2,1-2H3,(H,18,20). The van der Waals surface area contributed by atoms with Crippen LogP contribution in [0.3, 0.4) is 0 Å². The number of rotatable bonds is 6. The highest BCUT2D eigenvalue weighted by atomic mass is 35.5. The number of aryl methyl sites for hydroxylation is 1. The van der Waals surface area contributed by atoms with E-state index < -0.39 is 0 Å². The number of halogens is 1. The van der Waals surface area contributed by atoms with Crippen LogP contribution in [0.2, 0.25) is 5.02 Å². The van der Waals surface area contributed by atoms with E-state index in [4.69, 9.17) is 16.3 Å². The molecule has 1 aromatic heterocycles.